The number of ether oxygens (including phenoxy) is 1. The van der Waals surface area contributed by atoms with Gasteiger partial charge >= 0.3 is 5.97 Å². The van der Waals surface area contributed by atoms with E-state index in [0.29, 0.717) is 6.54 Å². The Labute approximate surface area is 124 Å². The Morgan fingerprint density at radius 3 is 2.57 bits per heavy atom. The fourth-order valence-corrected chi connectivity index (χ4v) is 3.68. The van der Waals surface area contributed by atoms with Crippen molar-refractivity contribution in [2.75, 3.05) is 13.7 Å². The number of aromatic carboxylic acids is 1. The van der Waals surface area contributed by atoms with Gasteiger partial charge in [0.1, 0.15) is 10.6 Å². The summed E-state index contributed by atoms with van der Waals surface area (Å²) in [5.41, 5.74) is -0.00170. The van der Waals surface area contributed by atoms with Crippen LogP contribution < -0.4 is 9.46 Å². The van der Waals surface area contributed by atoms with Gasteiger partial charge in [0.25, 0.3) is 0 Å². The van der Waals surface area contributed by atoms with E-state index in [1.165, 1.54) is 25.3 Å². The summed E-state index contributed by atoms with van der Waals surface area (Å²) < 4.78 is 32.3. The molecule has 1 fully saturated rings. The molecule has 1 aliphatic rings. The van der Waals surface area contributed by atoms with E-state index in [9.17, 15) is 13.2 Å². The highest BCUT2D eigenvalue weighted by molar-refractivity contribution is 7.89. The van der Waals surface area contributed by atoms with E-state index < -0.39 is 16.0 Å². The number of sulfonamides is 1. The number of hydrogen-bond acceptors (Lipinski definition) is 4. The first-order chi connectivity index (χ1) is 9.77. The Morgan fingerprint density at radius 1 is 1.43 bits per heavy atom. The molecule has 0 spiro atoms. The average molecular weight is 313 g/mol. The SMILES string of the molecule is COc1cc(C(=O)O)ccc1S(=O)(=O)NCC1(C)CCC1. The second-order valence-corrected chi connectivity index (χ2v) is 7.39. The molecule has 116 valence electrons. The highest BCUT2D eigenvalue weighted by atomic mass is 32.2. The maximum Gasteiger partial charge on any atom is 0.335 e. The number of hydrogen-bond donors (Lipinski definition) is 2. The van der Waals surface area contributed by atoms with E-state index in [4.69, 9.17) is 9.84 Å². The van der Waals surface area contributed by atoms with E-state index in [2.05, 4.69) is 4.72 Å². The van der Waals surface area contributed by atoms with Gasteiger partial charge in [-0.15, -0.1) is 0 Å². The third kappa shape index (κ3) is 3.36. The van der Waals surface area contributed by atoms with Crippen LogP contribution in [0.1, 0.15) is 36.5 Å². The van der Waals surface area contributed by atoms with Gasteiger partial charge in [-0.3, -0.25) is 0 Å². The molecule has 1 aromatic rings. The van der Waals surface area contributed by atoms with Crippen molar-refractivity contribution in [2.45, 2.75) is 31.1 Å². The topological polar surface area (TPSA) is 92.7 Å². The van der Waals surface area contributed by atoms with Gasteiger partial charge in [0.2, 0.25) is 10.0 Å². The summed E-state index contributed by atoms with van der Waals surface area (Å²) in [6.45, 7) is 2.42. The molecule has 0 unspecified atom stereocenters. The van der Waals surface area contributed by atoms with Gasteiger partial charge in [-0.2, -0.15) is 0 Å². The van der Waals surface area contributed by atoms with Crippen molar-refractivity contribution < 1.29 is 23.1 Å². The Hall–Kier alpha value is -1.60. The highest BCUT2D eigenvalue weighted by Gasteiger charge is 2.33. The van der Waals surface area contributed by atoms with Crippen LogP contribution >= 0.6 is 0 Å². The minimum atomic E-state index is -3.72. The van der Waals surface area contributed by atoms with Crippen LogP contribution in [0, 0.1) is 5.41 Å². The molecular formula is C14H19NO5S. The van der Waals surface area contributed by atoms with Crippen molar-refractivity contribution in [2.24, 2.45) is 5.41 Å². The average Bonchev–Trinajstić information content (AvgIpc) is 2.42. The third-order valence-electron chi connectivity index (χ3n) is 3.95. The number of benzene rings is 1. The number of nitrogens with one attached hydrogen (secondary N) is 1. The predicted molar refractivity (Wildman–Crippen MR) is 77.1 cm³/mol. The third-order valence-corrected chi connectivity index (χ3v) is 5.39. The van der Waals surface area contributed by atoms with Gasteiger partial charge in [0.15, 0.2) is 0 Å². The molecule has 6 nitrogen and oxygen atoms in total. The summed E-state index contributed by atoms with van der Waals surface area (Å²) in [5.74, 6) is -1.10. The molecule has 0 amide bonds. The van der Waals surface area contributed by atoms with Gasteiger partial charge in [0, 0.05) is 6.54 Å². The lowest BCUT2D eigenvalue weighted by molar-refractivity contribution is 0.0696. The fraction of sp³-hybridized carbons (Fsp3) is 0.500. The van der Waals surface area contributed by atoms with Crippen LogP contribution in [0.25, 0.3) is 0 Å². The quantitative estimate of drug-likeness (QED) is 0.836. The van der Waals surface area contributed by atoms with Gasteiger partial charge < -0.3 is 9.84 Å². The van der Waals surface area contributed by atoms with Crippen molar-refractivity contribution in [1.82, 2.24) is 4.72 Å². The maximum atomic E-state index is 12.3. The van der Waals surface area contributed by atoms with E-state index in [1.54, 1.807) is 0 Å². The van der Waals surface area contributed by atoms with Crippen LogP contribution in [-0.4, -0.2) is 33.1 Å². The first-order valence-electron chi connectivity index (χ1n) is 6.68. The Kier molecular flexibility index (Phi) is 4.25. The zero-order valence-electron chi connectivity index (χ0n) is 12.0. The summed E-state index contributed by atoms with van der Waals surface area (Å²) in [7, 11) is -2.41. The molecule has 0 bridgehead atoms. The second-order valence-electron chi connectivity index (χ2n) is 5.66. The van der Waals surface area contributed by atoms with Crippen molar-refractivity contribution in [3.8, 4) is 5.75 Å². The summed E-state index contributed by atoms with van der Waals surface area (Å²) in [4.78, 5) is 10.9. The largest absolute Gasteiger partial charge is 0.495 e. The molecule has 7 heteroatoms. The zero-order chi connectivity index (χ0) is 15.7. The smallest absolute Gasteiger partial charge is 0.335 e. The van der Waals surface area contributed by atoms with E-state index in [1.807, 2.05) is 6.92 Å². The van der Waals surface area contributed by atoms with Gasteiger partial charge in [0.05, 0.1) is 12.7 Å². The van der Waals surface area contributed by atoms with Crippen molar-refractivity contribution >= 4 is 16.0 Å². The van der Waals surface area contributed by atoms with Crippen molar-refractivity contribution in [3.05, 3.63) is 23.8 Å². The van der Waals surface area contributed by atoms with Crippen LogP contribution in [-0.2, 0) is 10.0 Å². The molecule has 21 heavy (non-hydrogen) atoms. The monoisotopic (exact) mass is 313 g/mol. The first kappa shape index (κ1) is 15.8. The lowest BCUT2D eigenvalue weighted by Crippen LogP contribution is -2.40. The van der Waals surface area contributed by atoms with Crippen LogP contribution in [0.3, 0.4) is 0 Å². The fourth-order valence-electron chi connectivity index (χ4n) is 2.33. The lowest BCUT2D eigenvalue weighted by atomic mass is 9.71. The van der Waals surface area contributed by atoms with Crippen LogP contribution in [0.2, 0.25) is 0 Å². The van der Waals surface area contributed by atoms with Crippen LogP contribution in [0.15, 0.2) is 23.1 Å². The van der Waals surface area contributed by atoms with Gasteiger partial charge in [-0.05, 0) is 36.5 Å². The Bertz CT molecular complexity index is 649. The number of carboxylic acids is 1. The maximum absolute atomic E-state index is 12.3. The molecule has 1 saturated carbocycles. The van der Waals surface area contributed by atoms with Gasteiger partial charge in [-0.1, -0.05) is 13.3 Å². The normalized spacial score (nSPS) is 17.0. The van der Waals surface area contributed by atoms with E-state index >= 15 is 0 Å². The molecule has 0 saturated heterocycles. The summed E-state index contributed by atoms with van der Waals surface area (Å²) in [5, 5.41) is 8.93. The van der Waals surface area contributed by atoms with E-state index in [0.717, 1.165) is 19.3 Å². The molecule has 0 aromatic heterocycles. The molecular weight excluding hydrogens is 294 g/mol. The van der Waals surface area contributed by atoms with Crippen LogP contribution in [0.5, 0.6) is 5.75 Å². The van der Waals surface area contributed by atoms with Crippen molar-refractivity contribution in [3.63, 3.8) is 0 Å². The number of rotatable bonds is 6. The zero-order valence-corrected chi connectivity index (χ0v) is 12.9. The van der Waals surface area contributed by atoms with E-state index in [-0.39, 0.29) is 21.6 Å². The Morgan fingerprint density at radius 2 is 2.10 bits per heavy atom. The lowest BCUT2D eigenvalue weighted by Gasteiger charge is -2.38. The summed E-state index contributed by atoms with van der Waals surface area (Å²) >= 11 is 0. The highest BCUT2D eigenvalue weighted by Crippen LogP contribution is 2.39. The number of carboxylic acid groups (broad SMARTS) is 1. The van der Waals surface area contributed by atoms with Crippen molar-refractivity contribution in [1.29, 1.82) is 0 Å². The molecule has 2 N–H and O–H groups in total. The summed E-state index contributed by atoms with van der Waals surface area (Å²) in [6, 6.07) is 3.72. The molecule has 1 aromatic carbocycles. The minimum absolute atomic E-state index is 0.0152. The molecule has 0 heterocycles. The Balaban J connectivity index is 2.24. The molecule has 1 aliphatic carbocycles. The molecule has 0 radical (unpaired) electrons. The summed E-state index contributed by atoms with van der Waals surface area (Å²) in [6.07, 6.45) is 3.13. The second kappa shape index (κ2) is 5.65. The first-order valence-corrected chi connectivity index (χ1v) is 8.17. The molecule has 2 rings (SSSR count). The number of methoxy groups -OCH3 is 1. The molecule has 0 atom stereocenters. The molecule has 0 aliphatic heterocycles. The van der Waals surface area contributed by atoms with Gasteiger partial charge in [-0.25, -0.2) is 17.9 Å². The standard InChI is InChI=1S/C14H19NO5S/c1-14(6-3-7-14)9-15-21(18,19)12-5-4-10(13(16)17)8-11(12)20-2/h4-5,8,15H,3,6-7,9H2,1-2H3,(H,16,17). The van der Waals surface area contributed by atoms with Crippen LogP contribution in [0.4, 0.5) is 0 Å². The number of carbonyl (C=O) groups is 1. The minimum Gasteiger partial charge on any atom is -0.495 e. The predicted octanol–water partition coefficient (Wildman–Crippen LogP) is 1.86.